The molecule has 0 aliphatic heterocycles. The number of halogens is 1. The third kappa shape index (κ3) is 3.25. The zero-order valence-electron chi connectivity index (χ0n) is 11.2. The van der Waals surface area contributed by atoms with Crippen LogP contribution in [-0.2, 0) is 0 Å². The number of fused-ring (bicyclic) bond motifs is 1. The summed E-state index contributed by atoms with van der Waals surface area (Å²) < 4.78 is 6.09. The lowest BCUT2D eigenvalue weighted by Crippen LogP contribution is -2.34. The average Bonchev–Trinajstić information content (AvgIpc) is 2.94. The van der Waals surface area contributed by atoms with Crippen molar-refractivity contribution in [3.05, 3.63) is 58.0 Å². The Bertz CT molecular complexity index is 860. The van der Waals surface area contributed by atoms with Crippen molar-refractivity contribution in [2.45, 2.75) is 0 Å². The van der Waals surface area contributed by atoms with Crippen molar-refractivity contribution in [2.24, 2.45) is 0 Å². The molecule has 0 radical (unpaired) electrons. The molecule has 22 heavy (non-hydrogen) atoms. The summed E-state index contributed by atoms with van der Waals surface area (Å²) in [4.78, 5) is 27.9. The molecule has 6 nitrogen and oxygen atoms in total. The zero-order valence-corrected chi connectivity index (χ0v) is 13.3. The van der Waals surface area contributed by atoms with E-state index in [0.717, 1.165) is 3.57 Å². The lowest BCUT2D eigenvalue weighted by molar-refractivity contribution is 0.0967. The smallest absolute Gasteiger partial charge is 0.326 e. The Hall–Kier alpha value is -2.42. The summed E-state index contributed by atoms with van der Waals surface area (Å²) in [5.74, 6) is -0.506. The summed E-state index contributed by atoms with van der Waals surface area (Å²) in [6.45, 7) is 0. The fraction of sp³-hybridized carbons (Fsp3) is 0. The Morgan fingerprint density at radius 2 is 2.00 bits per heavy atom. The number of rotatable bonds is 2. The highest BCUT2D eigenvalue weighted by atomic mass is 127. The SMILES string of the molecule is O=C(NC(=O)c1ccc2ocnc2c1)Nc1cccc(I)c1. The molecular weight excluding hydrogens is 397 g/mol. The summed E-state index contributed by atoms with van der Waals surface area (Å²) in [6.07, 6.45) is 1.30. The van der Waals surface area contributed by atoms with Gasteiger partial charge in [-0.25, -0.2) is 9.78 Å². The number of nitrogens with one attached hydrogen (secondary N) is 2. The average molecular weight is 407 g/mol. The molecule has 0 bridgehead atoms. The van der Waals surface area contributed by atoms with Crippen LogP contribution in [0.2, 0.25) is 0 Å². The lowest BCUT2D eigenvalue weighted by Gasteiger charge is -2.07. The Labute approximate surface area is 139 Å². The number of carbonyl (C=O) groups excluding carboxylic acids is 2. The summed E-state index contributed by atoms with van der Waals surface area (Å²) in [6, 6.07) is 11.4. The van der Waals surface area contributed by atoms with Gasteiger partial charge in [-0.2, -0.15) is 0 Å². The van der Waals surface area contributed by atoms with Gasteiger partial charge in [0.2, 0.25) is 0 Å². The number of urea groups is 1. The molecule has 0 aliphatic rings. The first-order valence-corrected chi connectivity index (χ1v) is 7.41. The van der Waals surface area contributed by atoms with Crippen molar-refractivity contribution in [1.29, 1.82) is 0 Å². The molecule has 2 aromatic carbocycles. The molecule has 0 saturated carbocycles. The van der Waals surface area contributed by atoms with Gasteiger partial charge in [-0.15, -0.1) is 0 Å². The number of carbonyl (C=O) groups is 2. The zero-order chi connectivity index (χ0) is 15.5. The van der Waals surface area contributed by atoms with Crippen LogP contribution in [0.15, 0.2) is 53.3 Å². The van der Waals surface area contributed by atoms with Gasteiger partial charge in [0.1, 0.15) is 5.52 Å². The third-order valence-electron chi connectivity index (χ3n) is 2.90. The van der Waals surface area contributed by atoms with Gasteiger partial charge in [0.05, 0.1) is 0 Å². The van der Waals surface area contributed by atoms with Crippen LogP contribution < -0.4 is 10.6 Å². The molecule has 0 aliphatic carbocycles. The molecule has 0 fully saturated rings. The van der Waals surface area contributed by atoms with E-state index in [-0.39, 0.29) is 0 Å². The number of oxazole rings is 1. The topological polar surface area (TPSA) is 84.2 Å². The molecule has 0 saturated heterocycles. The first-order chi connectivity index (χ1) is 10.6. The minimum Gasteiger partial charge on any atom is -0.443 e. The second-order valence-electron chi connectivity index (χ2n) is 4.45. The van der Waals surface area contributed by atoms with E-state index in [4.69, 9.17) is 4.42 Å². The largest absolute Gasteiger partial charge is 0.443 e. The van der Waals surface area contributed by atoms with Crippen LogP contribution >= 0.6 is 22.6 Å². The minimum absolute atomic E-state index is 0.333. The Morgan fingerprint density at radius 3 is 2.82 bits per heavy atom. The number of aromatic nitrogens is 1. The molecule has 0 spiro atoms. The van der Waals surface area contributed by atoms with Crippen molar-refractivity contribution in [3.63, 3.8) is 0 Å². The van der Waals surface area contributed by atoms with Gasteiger partial charge in [0.15, 0.2) is 12.0 Å². The maximum atomic E-state index is 12.0. The van der Waals surface area contributed by atoms with Crippen molar-refractivity contribution in [1.82, 2.24) is 10.3 Å². The molecule has 2 N–H and O–H groups in total. The van der Waals surface area contributed by atoms with E-state index < -0.39 is 11.9 Å². The summed E-state index contributed by atoms with van der Waals surface area (Å²) >= 11 is 2.14. The van der Waals surface area contributed by atoms with Crippen LogP contribution in [0.25, 0.3) is 11.1 Å². The Morgan fingerprint density at radius 1 is 1.14 bits per heavy atom. The molecule has 3 aromatic rings. The van der Waals surface area contributed by atoms with E-state index in [9.17, 15) is 9.59 Å². The first-order valence-electron chi connectivity index (χ1n) is 6.33. The number of hydrogen-bond acceptors (Lipinski definition) is 4. The number of hydrogen-bond donors (Lipinski definition) is 2. The van der Waals surface area contributed by atoms with Crippen LogP contribution in [0, 0.1) is 3.57 Å². The molecule has 3 amide bonds. The van der Waals surface area contributed by atoms with Crippen LogP contribution in [0.5, 0.6) is 0 Å². The quantitative estimate of drug-likeness (QED) is 0.638. The van der Waals surface area contributed by atoms with Crippen molar-refractivity contribution in [3.8, 4) is 0 Å². The third-order valence-corrected chi connectivity index (χ3v) is 3.57. The van der Waals surface area contributed by atoms with E-state index >= 15 is 0 Å². The monoisotopic (exact) mass is 407 g/mol. The predicted octanol–water partition coefficient (Wildman–Crippen LogP) is 3.39. The highest BCUT2D eigenvalue weighted by Gasteiger charge is 2.12. The molecular formula is C15H10IN3O3. The fourth-order valence-electron chi connectivity index (χ4n) is 1.90. The molecule has 3 rings (SSSR count). The molecule has 0 atom stereocenters. The molecule has 7 heteroatoms. The van der Waals surface area contributed by atoms with Gasteiger partial charge in [0, 0.05) is 14.8 Å². The second-order valence-corrected chi connectivity index (χ2v) is 5.70. The van der Waals surface area contributed by atoms with Gasteiger partial charge in [-0.05, 0) is 59.0 Å². The van der Waals surface area contributed by atoms with E-state index in [1.54, 1.807) is 30.3 Å². The van der Waals surface area contributed by atoms with Crippen LogP contribution in [0.1, 0.15) is 10.4 Å². The first kappa shape index (κ1) is 14.5. The standard InChI is InChI=1S/C15H10IN3O3/c16-10-2-1-3-11(7-10)18-15(21)19-14(20)9-4-5-13-12(6-9)17-8-22-13/h1-8H,(H2,18,19,20,21). The molecule has 1 aromatic heterocycles. The Kier molecular flexibility index (Phi) is 4.05. The summed E-state index contributed by atoms with van der Waals surface area (Å²) in [5, 5.41) is 4.88. The molecule has 0 unspecified atom stereocenters. The predicted molar refractivity (Wildman–Crippen MR) is 89.7 cm³/mol. The number of benzene rings is 2. The van der Waals surface area contributed by atoms with Crippen LogP contribution in [0.4, 0.5) is 10.5 Å². The van der Waals surface area contributed by atoms with Gasteiger partial charge >= 0.3 is 6.03 Å². The number of nitrogens with zero attached hydrogens (tertiary/aromatic N) is 1. The number of imide groups is 1. The fourth-order valence-corrected chi connectivity index (χ4v) is 2.45. The summed E-state index contributed by atoms with van der Waals surface area (Å²) in [7, 11) is 0. The maximum absolute atomic E-state index is 12.0. The normalized spacial score (nSPS) is 10.4. The maximum Gasteiger partial charge on any atom is 0.326 e. The Balaban J connectivity index is 1.69. The van der Waals surface area contributed by atoms with E-state index in [1.807, 2.05) is 12.1 Å². The summed E-state index contributed by atoms with van der Waals surface area (Å²) in [5.41, 5.74) is 2.09. The minimum atomic E-state index is -0.591. The highest BCUT2D eigenvalue weighted by Crippen LogP contribution is 2.14. The van der Waals surface area contributed by atoms with Gasteiger partial charge < -0.3 is 9.73 Å². The number of amides is 3. The van der Waals surface area contributed by atoms with Gasteiger partial charge in [-0.3, -0.25) is 10.1 Å². The van der Waals surface area contributed by atoms with E-state index in [0.29, 0.717) is 22.4 Å². The second kappa shape index (κ2) is 6.14. The molecule has 1 heterocycles. The van der Waals surface area contributed by atoms with Crippen molar-refractivity contribution in [2.75, 3.05) is 5.32 Å². The van der Waals surface area contributed by atoms with Gasteiger partial charge in [-0.1, -0.05) is 6.07 Å². The van der Waals surface area contributed by atoms with Crippen LogP contribution in [-0.4, -0.2) is 16.9 Å². The number of anilines is 1. The van der Waals surface area contributed by atoms with Crippen molar-refractivity contribution < 1.29 is 14.0 Å². The molecule has 110 valence electrons. The van der Waals surface area contributed by atoms with E-state index in [1.165, 1.54) is 6.39 Å². The van der Waals surface area contributed by atoms with Crippen LogP contribution in [0.3, 0.4) is 0 Å². The van der Waals surface area contributed by atoms with Gasteiger partial charge in [0.25, 0.3) is 5.91 Å². The lowest BCUT2D eigenvalue weighted by atomic mass is 10.2. The van der Waals surface area contributed by atoms with Crippen molar-refractivity contribution >= 4 is 51.3 Å². The van der Waals surface area contributed by atoms with E-state index in [2.05, 4.69) is 38.2 Å². The highest BCUT2D eigenvalue weighted by molar-refractivity contribution is 14.1.